The fourth-order valence-corrected chi connectivity index (χ4v) is 2.64. The van der Waals surface area contributed by atoms with Crippen molar-refractivity contribution in [1.82, 2.24) is 4.90 Å². The first-order valence-corrected chi connectivity index (χ1v) is 7.58. The average molecular weight is 317 g/mol. The highest BCUT2D eigenvalue weighted by atomic mass is 35.5. The third-order valence-electron chi connectivity index (χ3n) is 3.59. The molecule has 0 bridgehead atoms. The highest BCUT2D eigenvalue weighted by Gasteiger charge is 2.20. The van der Waals surface area contributed by atoms with Gasteiger partial charge in [-0.2, -0.15) is 0 Å². The van der Waals surface area contributed by atoms with Crippen LogP contribution in [0.25, 0.3) is 0 Å². The van der Waals surface area contributed by atoms with Crippen LogP contribution >= 0.6 is 11.6 Å². The summed E-state index contributed by atoms with van der Waals surface area (Å²) in [5.41, 5.74) is 3.00. The lowest BCUT2D eigenvalue weighted by molar-refractivity contribution is 0.0957. The third-order valence-corrected chi connectivity index (χ3v) is 3.82. The molecule has 2 aromatic rings. The minimum Gasteiger partial charge on any atom is -0.445 e. The van der Waals surface area contributed by atoms with E-state index in [1.165, 1.54) is 0 Å². The van der Waals surface area contributed by atoms with Gasteiger partial charge in [-0.15, -0.1) is 0 Å². The van der Waals surface area contributed by atoms with Crippen molar-refractivity contribution < 1.29 is 9.53 Å². The molecule has 0 radical (unpaired) electrons. The Morgan fingerprint density at radius 1 is 1.23 bits per heavy atom. The molecule has 1 aliphatic heterocycles. The summed E-state index contributed by atoms with van der Waals surface area (Å²) < 4.78 is 5.39. The molecule has 0 spiro atoms. The molecule has 0 aromatic heterocycles. The molecule has 2 aromatic carbocycles. The smallest absolute Gasteiger partial charge is 0.410 e. The third kappa shape index (κ3) is 3.52. The number of halogens is 1. The predicted molar refractivity (Wildman–Crippen MR) is 87.0 cm³/mol. The van der Waals surface area contributed by atoms with Crippen LogP contribution in [-0.4, -0.2) is 24.1 Å². The van der Waals surface area contributed by atoms with Crippen molar-refractivity contribution >= 4 is 23.4 Å². The van der Waals surface area contributed by atoms with Crippen molar-refractivity contribution in [2.24, 2.45) is 0 Å². The monoisotopic (exact) mass is 316 g/mol. The summed E-state index contributed by atoms with van der Waals surface area (Å²) in [6.45, 7) is 2.07. The maximum Gasteiger partial charge on any atom is 0.410 e. The highest BCUT2D eigenvalue weighted by Crippen LogP contribution is 2.24. The second kappa shape index (κ2) is 6.71. The molecule has 5 heteroatoms. The molecule has 1 aliphatic rings. The summed E-state index contributed by atoms with van der Waals surface area (Å²) >= 11 is 6.04. The van der Waals surface area contributed by atoms with Crippen LogP contribution in [-0.2, 0) is 17.9 Å². The van der Waals surface area contributed by atoms with Crippen LogP contribution in [0.1, 0.15) is 11.1 Å². The summed E-state index contributed by atoms with van der Waals surface area (Å²) in [4.78, 5) is 14.0. The normalized spacial score (nSPS) is 13.8. The van der Waals surface area contributed by atoms with E-state index in [0.29, 0.717) is 24.7 Å². The number of nitrogens with zero attached hydrogens (tertiary/aromatic N) is 1. The van der Waals surface area contributed by atoms with E-state index >= 15 is 0 Å². The predicted octanol–water partition coefficient (Wildman–Crippen LogP) is 3.90. The number of hydrogen-bond acceptors (Lipinski definition) is 3. The van der Waals surface area contributed by atoms with Gasteiger partial charge in [-0.05, 0) is 29.3 Å². The van der Waals surface area contributed by atoms with E-state index < -0.39 is 0 Å². The standard InChI is InChI=1S/C17H17ClN2O2/c18-15-6-7-16-14(10-15)11-20(9-8-19-16)17(21)22-12-13-4-2-1-3-5-13/h1-7,10,19H,8-9,11-12H2. The van der Waals surface area contributed by atoms with E-state index in [0.717, 1.165) is 16.8 Å². The summed E-state index contributed by atoms with van der Waals surface area (Å²) in [5, 5.41) is 3.97. The Bertz CT molecular complexity index is 661. The lowest BCUT2D eigenvalue weighted by atomic mass is 10.2. The summed E-state index contributed by atoms with van der Waals surface area (Å²) in [7, 11) is 0. The van der Waals surface area contributed by atoms with Gasteiger partial charge < -0.3 is 15.0 Å². The molecule has 114 valence electrons. The highest BCUT2D eigenvalue weighted by molar-refractivity contribution is 6.30. The number of amides is 1. The van der Waals surface area contributed by atoms with Gasteiger partial charge in [0.05, 0.1) is 6.54 Å². The van der Waals surface area contributed by atoms with E-state index in [1.54, 1.807) is 4.90 Å². The fraction of sp³-hybridized carbons (Fsp3) is 0.235. The molecule has 1 N–H and O–H groups in total. The Morgan fingerprint density at radius 3 is 2.86 bits per heavy atom. The van der Waals surface area contributed by atoms with Crippen LogP contribution < -0.4 is 5.32 Å². The number of benzene rings is 2. The molecule has 1 amide bonds. The van der Waals surface area contributed by atoms with Crippen LogP contribution in [0.2, 0.25) is 5.02 Å². The molecule has 0 saturated carbocycles. The van der Waals surface area contributed by atoms with Gasteiger partial charge in [0, 0.05) is 23.8 Å². The topological polar surface area (TPSA) is 41.6 Å². The Kier molecular flexibility index (Phi) is 4.49. The zero-order valence-electron chi connectivity index (χ0n) is 12.1. The number of carbonyl (C=O) groups is 1. The molecular formula is C17H17ClN2O2. The van der Waals surface area contributed by atoms with Crippen LogP contribution in [0.3, 0.4) is 0 Å². The Morgan fingerprint density at radius 2 is 2.05 bits per heavy atom. The van der Waals surface area contributed by atoms with Gasteiger partial charge in [-0.25, -0.2) is 4.79 Å². The lowest BCUT2D eigenvalue weighted by Crippen LogP contribution is -2.33. The maximum atomic E-state index is 12.3. The molecule has 0 saturated heterocycles. The second-order valence-corrected chi connectivity index (χ2v) is 5.63. The van der Waals surface area contributed by atoms with Gasteiger partial charge >= 0.3 is 6.09 Å². The molecular weight excluding hydrogens is 300 g/mol. The first-order chi connectivity index (χ1) is 10.7. The fourth-order valence-electron chi connectivity index (χ4n) is 2.44. The van der Waals surface area contributed by atoms with Crippen LogP contribution in [0.4, 0.5) is 10.5 Å². The minimum atomic E-state index is -0.307. The first-order valence-electron chi connectivity index (χ1n) is 7.20. The Balaban J connectivity index is 1.65. The number of fused-ring (bicyclic) bond motifs is 1. The van der Waals surface area contributed by atoms with E-state index in [-0.39, 0.29) is 12.7 Å². The van der Waals surface area contributed by atoms with Crippen molar-refractivity contribution in [3.05, 3.63) is 64.7 Å². The van der Waals surface area contributed by atoms with Crippen molar-refractivity contribution in [2.45, 2.75) is 13.2 Å². The zero-order valence-corrected chi connectivity index (χ0v) is 12.8. The van der Waals surface area contributed by atoms with Gasteiger partial charge in [0.25, 0.3) is 0 Å². The van der Waals surface area contributed by atoms with Crippen molar-refractivity contribution in [2.75, 3.05) is 18.4 Å². The average Bonchev–Trinajstić information content (AvgIpc) is 2.75. The number of hydrogen-bond donors (Lipinski definition) is 1. The molecule has 4 nitrogen and oxygen atoms in total. The maximum absolute atomic E-state index is 12.3. The Labute approximate surface area is 134 Å². The second-order valence-electron chi connectivity index (χ2n) is 5.19. The quantitative estimate of drug-likeness (QED) is 0.913. The van der Waals surface area contributed by atoms with E-state index in [2.05, 4.69) is 5.32 Å². The molecule has 0 aliphatic carbocycles. The molecule has 3 rings (SSSR count). The van der Waals surface area contributed by atoms with E-state index in [4.69, 9.17) is 16.3 Å². The van der Waals surface area contributed by atoms with Crippen LogP contribution in [0.15, 0.2) is 48.5 Å². The largest absolute Gasteiger partial charge is 0.445 e. The number of rotatable bonds is 2. The van der Waals surface area contributed by atoms with Gasteiger partial charge in [-0.1, -0.05) is 41.9 Å². The lowest BCUT2D eigenvalue weighted by Gasteiger charge is -2.20. The van der Waals surface area contributed by atoms with Gasteiger partial charge in [0.2, 0.25) is 0 Å². The van der Waals surface area contributed by atoms with Crippen LogP contribution in [0, 0.1) is 0 Å². The molecule has 0 unspecified atom stereocenters. The molecule has 1 heterocycles. The van der Waals surface area contributed by atoms with Gasteiger partial charge in [0.1, 0.15) is 6.61 Å². The summed E-state index contributed by atoms with van der Waals surface area (Å²) in [6, 6.07) is 15.3. The number of nitrogens with one attached hydrogen (secondary N) is 1. The SMILES string of the molecule is O=C(OCc1ccccc1)N1CCNc2ccc(Cl)cc2C1. The molecule has 0 fully saturated rings. The first kappa shape index (κ1) is 14.7. The van der Waals surface area contributed by atoms with Crippen molar-refractivity contribution in [1.29, 1.82) is 0 Å². The minimum absolute atomic E-state index is 0.284. The number of ether oxygens (including phenoxy) is 1. The van der Waals surface area contributed by atoms with E-state index in [1.807, 2.05) is 48.5 Å². The summed E-state index contributed by atoms with van der Waals surface area (Å²) in [6.07, 6.45) is -0.307. The van der Waals surface area contributed by atoms with Crippen LogP contribution in [0.5, 0.6) is 0 Å². The van der Waals surface area contributed by atoms with E-state index in [9.17, 15) is 4.79 Å². The molecule has 22 heavy (non-hydrogen) atoms. The Hall–Kier alpha value is -2.20. The number of carbonyl (C=O) groups excluding carboxylic acids is 1. The van der Waals surface area contributed by atoms with Crippen molar-refractivity contribution in [3.8, 4) is 0 Å². The van der Waals surface area contributed by atoms with Gasteiger partial charge in [0.15, 0.2) is 0 Å². The number of anilines is 1. The zero-order chi connectivity index (χ0) is 15.4. The van der Waals surface area contributed by atoms with Gasteiger partial charge in [-0.3, -0.25) is 0 Å². The summed E-state index contributed by atoms with van der Waals surface area (Å²) in [5.74, 6) is 0. The molecule has 0 atom stereocenters. The van der Waals surface area contributed by atoms with Crippen molar-refractivity contribution in [3.63, 3.8) is 0 Å².